The Kier molecular flexibility index (Phi) is 4.37. The molecule has 1 aliphatic carbocycles. The molecule has 1 saturated carbocycles. The Morgan fingerprint density at radius 3 is 2.74 bits per heavy atom. The van der Waals surface area contributed by atoms with E-state index in [1.807, 2.05) is 32.2 Å². The van der Waals surface area contributed by atoms with Gasteiger partial charge in [0.25, 0.3) is 5.91 Å². The zero-order valence-electron chi connectivity index (χ0n) is 13.9. The van der Waals surface area contributed by atoms with Gasteiger partial charge in [-0.3, -0.25) is 9.48 Å². The van der Waals surface area contributed by atoms with Crippen molar-refractivity contribution in [3.63, 3.8) is 0 Å². The van der Waals surface area contributed by atoms with Crippen molar-refractivity contribution in [1.82, 2.24) is 15.1 Å². The van der Waals surface area contributed by atoms with Gasteiger partial charge in [0, 0.05) is 18.7 Å². The van der Waals surface area contributed by atoms with Crippen LogP contribution in [0.4, 0.5) is 0 Å². The van der Waals surface area contributed by atoms with E-state index in [1.165, 1.54) is 12.8 Å². The number of hydrogen-bond acceptors (Lipinski definition) is 3. The first-order chi connectivity index (χ1) is 11.1. The van der Waals surface area contributed by atoms with Crippen LogP contribution in [-0.2, 0) is 7.05 Å². The maximum absolute atomic E-state index is 12.4. The third-order valence-corrected chi connectivity index (χ3v) is 4.43. The number of benzene rings is 1. The van der Waals surface area contributed by atoms with Gasteiger partial charge in [0.1, 0.15) is 5.75 Å². The molecule has 122 valence electrons. The molecule has 0 unspecified atom stereocenters. The Bertz CT molecular complexity index is 715. The Morgan fingerprint density at radius 2 is 2.04 bits per heavy atom. The fraction of sp³-hybridized carbons (Fsp3) is 0.444. The number of ether oxygens (including phenoxy) is 1. The van der Waals surface area contributed by atoms with Gasteiger partial charge in [-0.25, -0.2) is 0 Å². The largest absolute Gasteiger partial charge is 0.496 e. The van der Waals surface area contributed by atoms with E-state index in [0.29, 0.717) is 11.7 Å². The summed E-state index contributed by atoms with van der Waals surface area (Å²) in [6, 6.07) is 8.12. The number of carbonyl (C=O) groups is 1. The molecule has 1 aromatic heterocycles. The molecule has 1 aromatic carbocycles. The number of amides is 1. The lowest BCUT2D eigenvalue weighted by Crippen LogP contribution is -2.32. The lowest BCUT2D eigenvalue weighted by Gasteiger charge is -2.09. The van der Waals surface area contributed by atoms with E-state index in [2.05, 4.69) is 16.5 Å². The molecule has 5 heteroatoms. The summed E-state index contributed by atoms with van der Waals surface area (Å²) in [6.45, 7) is 2.03. The third-order valence-electron chi connectivity index (χ3n) is 4.43. The molecular weight excluding hydrogens is 290 g/mol. The maximum Gasteiger partial charge on any atom is 0.272 e. The molecule has 1 heterocycles. The second-order valence-corrected chi connectivity index (χ2v) is 6.20. The summed E-state index contributed by atoms with van der Waals surface area (Å²) in [5, 5.41) is 7.46. The highest BCUT2D eigenvalue weighted by Gasteiger charge is 2.21. The van der Waals surface area contributed by atoms with E-state index >= 15 is 0 Å². The molecule has 1 amide bonds. The van der Waals surface area contributed by atoms with Crippen LogP contribution >= 0.6 is 0 Å². The van der Waals surface area contributed by atoms with Gasteiger partial charge in [0.2, 0.25) is 0 Å². The number of aryl methyl sites for hydroxylation is 2. The number of methoxy groups -OCH3 is 1. The Balaban J connectivity index is 1.89. The second-order valence-electron chi connectivity index (χ2n) is 6.20. The minimum atomic E-state index is -0.0923. The third kappa shape index (κ3) is 3.23. The standard InChI is InChI=1S/C18H23N3O2/c1-12-8-9-17(23-3)14(10-12)16-11-15(20-21(16)2)18(22)19-13-6-4-5-7-13/h8-11,13H,4-7H2,1-3H3,(H,19,22). The van der Waals surface area contributed by atoms with Crippen molar-refractivity contribution in [3.05, 3.63) is 35.5 Å². The Hall–Kier alpha value is -2.30. The SMILES string of the molecule is COc1ccc(C)cc1-c1cc(C(=O)NC2CCCC2)nn1C. The lowest BCUT2D eigenvalue weighted by molar-refractivity contribution is 0.0932. The predicted octanol–water partition coefficient (Wildman–Crippen LogP) is 3.08. The van der Waals surface area contributed by atoms with Crippen molar-refractivity contribution in [3.8, 4) is 17.0 Å². The minimum Gasteiger partial charge on any atom is -0.496 e. The number of nitrogens with zero attached hydrogens (tertiary/aromatic N) is 2. The predicted molar refractivity (Wildman–Crippen MR) is 89.7 cm³/mol. The van der Waals surface area contributed by atoms with Crippen LogP contribution in [0.3, 0.4) is 0 Å². The second kappa shape index (κ2) is 6.44. The van der Waals surface area contributed by atoms with Crippen LogP contribution in [0.5, 0.6) is 5.75 Å². The lowest BCUT2D eigenvalue weighted by atomic mass is 10.1. The molecule has 0 bridgehead atoms. The van der Waals surface area contributed by atoms with Crippen LogP contribution in [0.25, 0.3) is 11.3 Å². The van der Waals surface area contributed by atoms with Gasteiger partial charge < -0.3 is 10.1 Å². The van der Waals surface area contributed by atoms with Crippen LogP contribution in [0.1, 0.15) is 41.7 Å². The fourth-order valence-corrected chi connectivity index (χ4v) is 3.18. The summed E-state index contributed by atoms with van der Waals surface area (Å²) >= 11 is 0. The molecule has 0 atom stereocenters. The van der Waals surface area contributed by atoms with Crippen LogP contribution in [0, 0.1) is 6.92 Å². The zero-order chi connectivity index (χ0) is 16.4. The molecular formula is C18H23N3O2. The van der Waals surface area contributed by atoms with Crippen LogP contribution in [0.2, 0.25) is 0 Å². The van der Waals surface area contributed by atoms with Crippen LogP contribution in [-0.4, -0.2) is 28.8 Å². The summed E-state index contributed by atoms with van der Waals surface area (Å²) in [5.74, 6) is 0.687. The maximum atomic E-state index is 12.4. The quantitative estimate of drug-likeness (QED) is 0.944. The molecule has 0 spiro atoms. The number of nitrogens with one attached hydrogen (secondary N) is 1. The van der Waals surface area contributed by atoms with Gasteiger partial charge in [-0.1, -0.05) is 24.5 Å². The summed E-state index contributed by atoms with van der Waals surface area (Å²) in [6.07, 6.45) is 4.52. The molecule has 1 N–H and O–H groups in total. The van der Waals surface area contributed by atoms with Crippen molar-refractivity contribution >= 4 is 5.91 Å². The number of rotatable bonds is 4. The smallest absolute Gasteiger partial charge is 0.272 e. The highest BCUT2D eigenvalue weighted by molar-refractivity contribution is 5.93. The van der Waals surface area contributed by atoms with E-state index in [9.17, 15) is 4.79 Å². The topological polar surface area (TPSA) is 56.1 Å². The molecule has 5 nitrogen and oxygen atoms in total. The monoisotopic (exact) mass is 313 g/mol. The highest BCUT2D eigenvalue weighted by atomic mass is 16.5. The van der Waals surface area contributed by atoms with E-state index in [-0.39, 0.29) is 5.91 Å². The number of aromatic nitrogens is 2. The number of carbonyl (C=O) groups excluding carboxylic acids is 1. The number of hydrogen-bond donors (Lipinski definition) is 1. The average Bonchev–Trinajstić information content (AvgIpc) is 3.16. The van der Waals surface area contributed by atoms with E-state index in [4.69, 9.17) is 4.74 Å². The molecule has 3 rings (SSSR count). The molecule has 1 aliphatic rings. The Labute approximate surface area is 136 Å². The van der Waals surface area contributed by atoms with Gasteiger partial charge in [-0.15, -0.1) is 0 Å². The molecule has 0 saturated heterocycles. The van der Waals surface area contributed by atoms with Crippen molar-refractivity contribution in [2.45, 2.75) is 38.6 Å². The summed E-state index contributed by atoms with van der Waals surface area (Å²) in [5.41, 5.74) is 3.42. The molecule has 0 aliphatic heterocycles. The van der Waals surface area contributed by atoms with Gasteiger partial charge in [0.05, 0.1) is 12.8 Å². The van der Waals surface area contributed by atoms with Crippen molar-refractivity contribution in [1.29, 1.82) is 0 Å². The fourth-order valence-electron chi connectivity index (χ4n) is 3.18. The van der Waals surface area contributed by atoms with Gasteiger partial charge in [-0.2, -0.15) is 5.10 Å². The van der Waals surface area contributed by atoms with E-state index in [1.54, 1.807) is 11.8 Å². The zero-order valence-corrected chi connectivity index (χ0v) is 13.9. The average molecular weight is 313 g/mol. The molecule has 2 aromatic rings. The first-order valence-electron chi connectivity index (χ1n) is 8.08. The van der Waals surface area contributed by atoms with Gasteiger partial charge >= 0.3 is 0 Å². The molecule has 0 radical (unpaired) electrons. The first-order valence-corrected chi connectivity index (χ1v) is 8.08. The van der Waals surface area contributed by atoms with Crippen molar-refractivity contribution < 1.29 is 9.53 Å². The normalized spacial score (nSPS) is 14.9. The summed E-state index contributed by atoms with van der Waals surface area (Å²) in [4.78, 5) is 12.4. The van der Waals surface area contributed by atoms with Crippen molar-refractivity contribution in [2.75, 3.05) is 7.11 Å². The van der Waals surface area contributed by atoms with Crippen molar-refractivity contribution in [2.24, 2.45) is 7.05 Å². The molecule has 1 fully saturated rings. The highest BCUT2D eigenvalue weighted by Crippen LogP contribution is 2.31. The summed E-state index contributed by atoms with van der Waals surface area (Å²) < 4.78 is 7.18. The van der Waals surface area contributed by atoms with Crippen LogP contribution in [0.15, 0.2) is 24.3 Å². The van der Waals surface area contributed by atoms with Gasteiger partial charge in [-0.05, 0) is 38.0 Å². The molecule has 23 heavy (non-hydrogen) atoms. The summed E-state index contributed by atoms with van der Waals surface area (Å²) in [7, 11) is 3.50. The minimum absolute atomic E-state index is 0.0923. The first kappa shape index (κ1) is 15.6. The van der Waals surface area contributed by atoms with E-state index < -0.39 is 0 Å². The Morgan fingerprint density at radius 1 is 1.30 bits per heavy atom. The van der Waals surface area contributed by atoms with Gasteiger partial charge in [0.15, 0.2) is 5.69 Å². The van der Waals surface area contributed by atoms with E-state index in [0.717, 1.165) is 35.4 Å². The van der Waals surface area contributed by atoms with Crippen LogP contribution < -0.4 is 10.1 Å².